The van der Waals surface area contributed by atoms with E-state index in [2.05, 4.69) is 5.10 Å². The smallest absolute Gasteiger partial charge is 0.348 e. The van der Waals surface area contributed by atoms with Crippen molar-refractivity contribution in [3.8, 4) is 22.3 Å². The average Bonchev–Trinajstić information content (AvgIpc) is 3.39. The number of benzene rings is 1. The van der Waals surface area contributed by atoms with Gasteiger partial charge in [-0.25, -0.2) is 17.9 Å². The summed E-state index contributed by atoms with van der Waals surface area (Å²) in [6.45, 7) is -0.160. The molecular weight excluding hydrogens is 454 g/mol. The van der Waals surface area contributed by atoms with Gasteiger partial charge in [-0.3, -0.25) is 9.89 Å². The predicted molar refractivity (Wildman–Crippen MR) is 118 cm³/mol. The summed E-state index contributed by atoms with van der Waals surface area (Å²) in [6, 6.07) is 14.2. The van der Waals surface area contributed by atoms with Crippen molar-refractivity contribution in [1.82, 2.24) is 9.78 Å². The molecule has 0 aliphatic rings. The highest BCUT2D eigenvalue weighted by Gasteiger charge is 2.19. The van der Waals surface area contributed by atoms with Crippen LogP contribution in [0.25, 0.3) is 22.3 Å². The zero-order valence-electron chi connectivity index (χ0n) is 16.7. The van der Waals surface area contributed by atoms with E-state index >= 15 is 0 Å². The number of H-pyrrole nitrogens is 1. The Morgan fingerprint density at radius 3 is 2.59 bits per heavy atom. The number of aromatic amines is 1. The molecule has 11 heteroatoms. The molecular formula is C21H18N3O6S2-. The maximum atomic E-state index is 13.1. The van der Waals surface area contributed by atoms with E-state index in [-0.39, 0.29) is 30.6 Å². The van der Waals surface area contributed by atoms with Crippen molar-refractivity contribution in [3.05, 3.63) is 69.3 Å². The van der Waals surface area contributed by atoms with Gasteiger partial charge in [-0.1, -0.05) is 24.3 Å². The SMILES string of the molecule is N#C/C(=C\c1c(-c2cccs2)[nH]n(-c2ccccc2)c1=O)C(=O)OCCCCS(=O)(=O)[O-]. The van der Waals surface area contributed by atoms with Gasteiger partial charge in [0.15, 0.2) is 0 Å². The molecule has 0 aliphatic heterocycles. The summed E-state index contributed by atoms with van der Waals surface area (Å²) in [6.07, 6.45) is 1.36. The Hall–Kier alpha value is -3.46. The van der Waals surface area contributed by atoms with E-state index in [1.54, 1.807) is 36.4 Å². The van der Waals surface area contributed by atoms with E-state index in [0.717, 1.165) is 4.88 Å². The lowest BCUT2D eigenvalue weighted by atomic mass is 10.1. The number of para-hydroxylation sites is 1. The third-order valence-corrected chi connectivity index (χ3v) is 6.04. The Morgan fingerprint density at radius 1 is 1.22 bits per heavy atom. The van der Waals surface area contributed by atoms with Crippen LogP contribution in [0, 0.1) is 11.3 Å². The fourth-order valence-corrected chi connectivity index (χ4v) is 4.15. The van der Waals surface area contributed by atoms with Crippen LogP contribution in [-0.4, -0.2) is 41.1 Å². The van der Waals surface area contributed by atoms with Crippen LogP contribution < -0.4 is 5.56 Å². The number of hydrogen-bond acceptors (Lipinski definition) is 8. The average molecular weight is 473 g/mol. The molecule has 0 fully saturated rings. The number of carbonyl (C=O) groups excluding carboxylic acids is 1. The first-order valence-corrected chi connectivity index (χ1v) is 11.9. The van der Waals surface area contributed by atoms with Crippen molar-refractivity contribution in [3.63, 3.8) is 0 Å². The molecule has 0 spiro atoms. The van der Waals surface area contributed by atoms with Gasteiger partial charge < -0.3 is 9.29 Å². The van der Waals surface area contributed by atoms with Crippen molar-refractivity contribution in [2.45, 2.75) is 12.8 Å². The number of nitriles is 1. The number of nitrogens with zero attached hydrogens (tertiary/aromatic N) is 2. The maximum Gasteiger partial charge on any atom is 0.348 e. The summed E-state index contributed by atoms with van der Waals surface area (Å²) in [5, 5.41) is 14.3. The Balaban J connectivity index is 1.88. The highest BCUT2D eigenvalue weighted by atomic mass is 32.2. The van der Waals surface area contributed by atoms with Crippen LogP contribution in [0.4, 0.5) is 0 Å². The zero-order chi connectivity index (χ0) is 23.1. The van der Waals surface area contributed by atoms with Gasteiger partial charge in [0, 0.05) is 5.75 Å². The van der Waals surface area contributed by atoms with Gasteiger partial charge in [0.1, 0.15) is 11.6 Å². The van der Waals surface area contributed by atoms with E-state index in [4.69, 9.17) is 4.74 Å². The van der Waals surface area contributed by atoms with Crippen LogP contribution in [0.3, 0.4) is 0 Å². The zero-order valence-corrected chi connectivity index (χ0v) is 18.3. The molecule has 0 bridgehead atoms. The summed E-state index contributed by atoms with van der Waals surface area (Å²) in [5.41, 5.74) is 0.345. The molecule has 2 heterocycles. The van der Waals surface area contributed by atoms with Crippen LogP contribution in [0.5, 0.6) is 0 Å². The molecule has 32 heavy (non-hydrogen) atoms. The van der Waals surface area contributed by atoms with Gasteiger partial charge in [0.25, 0.3) is 5.56 Å². The van der Waals surface area contributed by atoms with Crippen molar-refractivity contribution in [2.75, 3.05) is 12.4 Å². The number of esters is 1. The predicted octanol–water partition coefficient (Wildman–Crippen LogP) is 2.67. The molecule has 3 rings (SSSR count). The molecule has 1 N–H and O–H groups in total. The standard InChI is InChI=1S/C21H19N3O6S2/c22-14-15(21(26)30-10-4-5-12-32(27,28)29)13-17-19(18-9-6-11-31-18)23-24(20(17)25)16-7-2-1-3-8-16/h1-3,6-9,11,13,23H,4-5,10,12H2,(H,27,28,29)/p-1/b15-13+. The largest absolute Gasteiger partial charge is 0.748 e. The third-order valence-electron chi connectivity index (χ3n) is 4.36. The highest BCUT2D eigenvalue weighted by Crippen LogP contribution is 2.27. The Morgan fingerprint density at radius 2 is 1.97 bits per heavy atom. The van der Waals surface area contributed by atoms with Gasteiger partial charge in [-0.15, -0.1) is 11.3 Å². The fourth-order valence-electron chi connectivity index (χ4n) is 2.86. The van der Waals surface area contributed by atoms with Gasteiger partial charge in [0.2, 0.25) is 0 Å². The molecule has 0 unspecified atom stereocenters. The van der Waals surface area contributed by atoms with Crippen LogP contribution in [-0.2, 0) is 19.6 Å². The molecule has 0 aliphatic carbocycles. The molecule has 2 aromatic heterocycles. The number of aromatic nitrogens is 2. The minimum Gasteiger partial charge on any atom is -0.748 e. The lowest BCUT2D eigenvalue weighted by Gasteiger charge is -2.06. The topological polar surface area (TPSA) is 145 Å². The summed E-state index contributed by atoms with van der Waals surface area (Å²) in [7, 11) is -4.33. The highest BCUT2D eigenvalue weighted by molar-refractivity contribution is 7.85. The molecule has 0 atom stereocenters. The lowest BCUT2D eigenvalue weighted by Crippen LogP contribution is -2.16. The quantitative estimate of drug-likeness (QED) is 0.166. The van der Waals surface area contributed by atoms with Gasteiger partial charge >= 0.3 is 5.97 Å². The van der Waals surface area contributed by atoms with E-state index in [9.17, 15) is 27.8 Å². The summed E-state index contributed by atoms with van der Waals surface area (Å²) in [5.74, 6) is -1.50. The minimum absolute atomic E-state index is 0.0346. The molecule has 166 valence electrons. The first kappa shape index (κ1) is 23.2. The van der Waals surface area contributed by atoms with E-state index < -0.39 is 27.4 Å². The Kier molecular flexibility index (Phi) is 7.42. The second-order valence-corrected chi connectivity index (χ2v) is 9.10. The third kappa shape index (κ3) is 5.82. The molecule has 9 nitrogen and oxygen atoms in total. The molecule has 0 amide bonds. The van der Waals surface area contributed by atoms with E-state index in [1.807, 2.05) is 17.5 Å². The maximum absolute atomic E-state index is 13.1. The van der Waals surface area contributed by atoms with Gasteiger partial charge in [-0.05, 0) is 42.5 Å². The Bertz CT molecular complexity index is 1310. The number of hydrogen-bond donors (Lipinski definition) is 1. The normalized spacial score (nSPS) is 11.8. The lowest BCUT2D eigenvalue weighted by molar-refractivity contribution is -0.138. The number of unbranched alkanes of at least 4 members (excludes halogenated alkanes) is 1. The first-order valence-electron chi connectivity index (χ1n) is 9.47. The summed E-state index contributed by atoms with van der Waals surface area (Å²) in [4.78, 5) is 26.2. The van der Waals surface area contributed by atoms with Crippen LogP contribution in [0.15, 0.2) is 58.2 Å². The van der Waals surface area contributed by atoms with Crippen molar-refractivity contribution in [2.24, 2.45) is 0 Å². The number of rotatable bonds is 9. The first-order chi connectivity index (χ1) is 15.3. The fraction of sp³-hybridized carbons (Fsp3) is 0.190. The summed E-state index contributed by atoms with van der Waals surface area (Å²) < 4.78 is 38.1. The molecule has 3 aromatic rings. The van der Waals surface area contributed by atoms with Crippen molar-refractivity contribution >= 4 is 33.5 Å². The molecule has 0 saturated carbocycles. The van der Waals surface area contributed by atoms with Crippen LogP contribution >= 0.6 is 11.3 Å². The van der Waals surface area contributed by atoms with E-state index in [1.165, 1.54) is 22.1 Å². The van der Waals surface area contributed by atoms with E-state index in [0.29, 0.717) is 11.4 Å². The van der Waals surface area contributed by atoms with Gasteiger partial charge in [0.05, 0.1) is 38.5 Å². The molecule has 0 radical (unpaired) electrons. The summed E-state index contributed by atoms with van der Waals surface area (Å²) >= 11 is 1.39. The second kappa shape index (κ2) is 10.2. The minimum atomic E-state index is -4.33. The van der Waals surface area contributed by atoms with Gasteiger partial charge in [-0.2, -0.15) is 5.26 Å². The molecule has 0 saturated heterocycles. The number of carbonyl (C=O) groups is 1. The van der Waals surface area contributed by atoms with Crippen LogP contribution in [0.1, 0.15) is 18.4 Å². The molecule has 1 aromatic carbocycles. The Labute approximate surface area is 187 Å². The number of ether oxygens (including phenoxy) is 1. The number of nitrogens with one attached hydrogen (secondary N) is 1. The number of thiophene rings is 1. The van der Waals surface area contributed by atoms with Crippen molar-refractivity contribution < 1.29 is 22.5 Å². The second-order valence-electron chi connectivity index (χ2n) is 6.63. The van der Waals surface area contributed by atoms with Crippen molar-refractivity contribution in [1.29, 1.82) is 5.26 Å². The monoisotopic (exact) mass is 472 g/mol. The van der Waals surface area contributed by atoms with Crippen LogP contribution in [0.2, 0.25) is 0 Å².